The highest BCUT2D eigenvalue weighted by Crippen LogP contribution is 2.32. The third-order valence-electron chi connectivity index (χ3n) is 2.92. The Morgan fingerprint density at radius 2 is 2.00 bits per heavy atom. The quantitative estimate of drug-likeness (QED) is 0.558. The van der Waals surface area contributed by atoms with E-state index < -0.39 is 0 Å². The molecule has 3 heterocycles. The van der Waals surface area contributed by atoms with Crippen molar-refractivity contribution in [2.45, 2.75) is 0 Å². The molecule has 0 aliphatic rings. The number of thiophene rings is 1. The maximum atomic E-state index is 4.52. The molecule has 3 aromatic heterocycles. The summed E-state index contributed by atoms with van der Waals surface area (Å²) in [6.07, 6.45) is 1.76. The van der Waals surface area contributed by atoms with Crippen molar-refractivity contribution >= 4 is 32.6 Å². The van der Waals surface area contributed by atoms with Crippen LogP contribution in [0.5, 0.6) is 0 Å². The number of nitrogens with zero attached hydrogens (tertiary/aromatic N) is 2. The Labute approximate surface area is 107 Å². The molecule has 0 saturated heterocycles. The number of nitrogens with one attached hydrogen (secondary N) is 1. The van der Waals surface area contributed by atoms with Gasteiger partial charge in [-0.3, -0.25) is 0 Å². The van der Waals surface area contributed by atoms with E-state index in [0.29, 0.717) is 0 Å². The first-order valence-corrected chi connectivity index (χ1v) is 6.51. The number of pyridine rings is 1. The number of aromatic amines is 1. The molecule has 4 rings (SSSR count). The molecule has 18 heavy (non-hydrogen) atoms. The maximum Gasteiger partial charge on any atom is 0.178 e. The summed E-state index contributed by atoms with van der Waals surface area (Å²) in [5, 5.41) is 1.26. The Morgan fingerprint density at radius 1 is 1.06 bits per heavy atom. The second-order valence-electron chi connectivity index (χ2n) is 4.11. The van der Waals surface area contributed by atoms with Crippen LogP contribution in [0, 0.1) is 0 Å². The molecule has 0 unspecified atom stereocenters. The summed E-state index contributed by atoms with van der Waals surface area (Å²) in [6.45, 7) is 0. The van der Waals surface area contributed by atoms with Crippen LogP contribution >= 0.6 is 11.3 Å². The molecule has 3 nitrogen and oxygen atoms in total. The molecule has 0 amide bonds. The van der Waals surface area contributed by atoms with Crippen LogP contribution in [0.2, 0.25) is 0 Å². The van der Waals surface area contributed by atoms with Crippen LogP contribution in [-0.2, 0) is 0 Å². The lowest BCUT2D eigenvalue weighted by Crippen LogP contribution is -1.73. The first-order valence-electron chi connectivity index (χ1n) is 5.70. The van der Waals surface area contributed by atoms with E-state index in [4.69, 9.17) is 0 Å². The fraction of sp³-hybridized carbons (Fsp3) is 0. The van der Waals surface area contributed by atoms with Crippen LogP contribution in [0.3, 0.4) is 0 Å². The van der Waals surface area contributed by atoms with Gasteiger partial charge in [0.2, 0.25) is 0 Å². The fourth-order valence-corrected chi connectivity index (χ4v) is 3.07. The molecule has 0 spiro atoms. The molecule has 86 valence electrons. The summed E-state index contributed by atoms with van der Waals surface area (Å²) < 4.78 is 1.28. The lowest BCUT2D eigenvalue weighted by atomic mass is 10.2. The van der Waals surface area contributed by atoms with E-state index in [-0.39, 0.29) is 0 Å². The highest BCUT2D eigenvalue weighted by Gasteiger charge is 2.08. The molecular weight excluding hydrogens is 242 g/mol. The molecule has 4 aromatic rings. The van der Waals surface area contributed by atoms with Crippen molar-refractivity contribution in [2.24, 2.45) is 0 Å². The van der Waals surface area contributed by atoms with Gasteiger partial charge in [-0.15, -0.1) is 11.3 Å². The molecular formula is C14H9N3S. The van der Waals surface area contributed by atoms with Gasteiger partial charge < -0.3 is 4.98 Å². The molecule has 1 N–H and O–H groups in total. The summed E-state index contributed by atoms with van der Waals surface area (Å²) in [4.78, 5) is 13.2. The highest BCUT2D eigenvalue weighted by atomic mass is 32.1. The minimum Gasteiger partial charge on any atom is -0.336 e. The number of fused-ring (bicyclic) bond motifs is 2. The smallest absolute Gasteiger partial charge is 0.178 e. The van der Waals surface area contributed by atoms with E-state index in [2.05, 4.69) is 45.3 Å². The zero-order chi connectivity index (χ0) is 11.9. The summed E-state index contributed by atoms with van der Waals surface area (Å²) in [5.74, 6) is 0.893. The topological polar surface area (TPSA) is 41.6 Å². The van der Waals surface area contributed by atoms with E-state index in [1.165, 1.54) is 10.1 Å². The molecule has 4 heteroatoms. The lowest BCUT2D eigenvalue weighted by Gasteiger charge is -1.86. The van der Waals surface area contributed by atoms with Crippen LogP contribution in [0.15, 0.2) is 48.7 Å². The van der Waals surface area contributed by atoms with Gasteiger partial charge in [-0.05, 0) is 29.7 Å². The van der Waals surface area contributed by atoms with Crippen molar-refractivity contribution in [2.75, 3.05) is 0 Å². The van der Waals surface area contributed by atoms with Crippen molar-refractivity contribution in [3.05, 3.63) is 48.7 Å². The zero-order valence-electron chi connectivity index (χ0n) is 9.42. The average molecular weight is 251 g/mol. The molecule has 0 fully saturated rings. The molecule has 0 atom stereocenters. The Hall–Kier alpha value is -2.20. The first-order chi connectivity index (χ1) is 8.90. The number of benzene rings is 1. The van der Waals surface area contributed by atoms with Crippen LogP contribution in [0.25, 0.3) is 32.0 Å². The van der Waals surface area contributed by atoms with Crippen molar-refractivity contribution in [3.8, 4) is 10.7 Å². The zero-order valence-corrected chi connectivity index (χ0v) is 10.2. The van der Waals surface area contributed by atoms with Gasteiger partial charge in [-0.25, -0.2) is 9.97 Å². The SMILES string of the molecule is c1ccc2sc(-c3nc4ncccc4[nH]3)cc2c1. The van der Waals surface area contributed by atoms with E-state index in [0.717, 1.165) is 21.9 Å². The summed E-state index contributed by atoms with van der Waals surface area (Å²) in [6, 6.07) is 14.4. The molecule has 0 bridgehead atoms. The first kappa shape index (κ1) is 9.79. The van der Waals surface area contributed by atoms with Gasteiger partial charge in [0.05, 0.1) is 10.4 Å². The summed E-state index contributed by atoms with van der Waals surface area (Å²) in [7, 11) is 0. The van der Waals surface area contributed by atoms with E-state index in [1.54, 1.807) is 17.5 Å². The van der Waals surface area contributed by atoms with Crippen LogP contribution in [-0.4, -0.2) is 15.0 Å². The fourth-order valence-electron chi connectivity index (χ4n) is 2.06. The van der Waals surface area contributed by atoms with Crippen molar-refractivity contribution < 1.29 is 0 Å². The molecule has 1 aromatic carbocycles. The van der Waals surface area contributed by atoms with Gasteiger partial charge in [-0.1, -0.05) is 18.2 Å². The van der Waals surface area contributed by atoms with Gasteiger partial charge in [0.25, 0.3) is 0 Å². The molecule has 0 saturated carbocycles. The summed E-state index contributed by atoms with van der Waals surface area (Å²) >= 11 is 1.74. The average Bonchev–Trinajstić information content (AvgIpc) is 3.02. The summed E-state index contributed by atoms with van der Waals surface area (Å²) in [5.41, 5.74) is 1.75. The van der Waals surface area contributed by atoms with Crippen molar-refractivity contribution in [1.82, 2.24) is 15.0 Å². The third-order valence-corrected chi connectivity index (χ3v) is 4.04. The Kier molecular flexibility index (Phi) is 1.98. The number of hydrogen-bond acceptors (Lipinski definition) is 3. The largest absolute Gasteiger partial charge is 0.336 e. The van der Waals surface area contributed by atoms with Crippen molar-refractivity contribution in [3.63, 3.8) is 0 Å². The van der Waals surface area contributed by atoms with Gasteiger partial charge in [0, 0.05) is 10.9 Å². The predicted octanol–water partition coefficient (Wildman–Crippen LogP) is 3.84. The number of rotatable bonds is 1. The standard InChI is InChI=1S/C14H9N3S/c1-2-6-11-9(4-1)8-12(18-11)14-16-10-5-3-7-15-13(10)17-14/h1-8H,(H,15,16,17). The van der Waals surface area contributed by atoms with E-state index in [9.17, 15) is 0 Å². The van der Waals surface area contributed by atoms with Gasteiger partial charge in [0.1, 0.15) is 0 Å². The minimum absolute atomic E-state index is 0.768. The van der Waals surface area contributed by atoms with Crippen molar-refractivity contribution in [1.29, 1.82) is 0 Å². The van der Waals surface area contributed by atoms with Crippen LogP contribution in [0.1, 0.15) is 0 Å². The highest BCUT2D eigenvalue weighted by molar-refractivity contribution is 7.22. The van der Waals surface area contributed by atoms with Gasteiger partial charge in [-0.2, -0.15) is 0 Å². The van der Waals surface area contributed by atoms with Gasteiger partial charge >= 0.3 is 0 Å². The van der Waals surface area contributed by atoms with Crippen LogP contribution < -0.4 is 0 Å². The van der Waals surface area contributed by atoms with Gasteiger partial charge in [0.15, 0.2) is 11.5 Å². The lowest BCUT2D eigenvalue weighted by molar-refractivity contribution is 1.31. The molecule has 0 aliphatic carbocycles. The number of imidazole rings is 1. The number of hydrogen-bond donors (Lipinski definition) is 1. The number of H-pyrrole nitrogens is 1. The minimum atomic E-state index is 0.768. The van der Waals surface area contributed by atoms with E-state index in [1.807, 2.05) is 12.1 Å². The monoisotopic (exact) mass is 251 g/mol. The molecule has 0 aliphatic heterocycles. The second-order valence-corrected chi connectivity index (χ2v) is 5.19. The Balaban J connectivity index is 1.95. The second kappa shape index (κ2) is 3.65. The third kappa shape index (κ3) is 1.43. The van der Waals surface area contributed by atoms with Crippen LogP contribution in [0.4, 0.5) is 0 Å². The number of aromatic nitrogens is 3. The predicted molar refractivity (Wildman–Crippen MR) is 74.7 cm³/mol. The Morgan fingerprint density at radius 3 is 2.89 bits per heavy atom. The normalized spacial score (nSPS) is 11.3. The molecule has 0 radical (unpaired) electrons. The Bertz CT molecular complexity index is 706. The maximum absolute atomic E-state index is 4.52. The van der Waals surface area contributed by atoms with E-state index >= 15 is 0 Å².